The van der Waals surface area contributed by atoms with E-state index in [1.807, 2.05) is 5.32 Å². The molecule has 15 N–H and O–H groups in total. The van der Waals surface area contributed by atoms with Gasteiger partial charge in [-0.1, -0.05) is 0 Å². The van der Waals surface area contributed by atoms with Crippen LogP contribution in [-0.2, 0) is 40.0 Å². The molecule has 0 aliphatic rings. The number of amides is 5. The van der Waals surface area contributed by atoms with Gasteiger partial charge in [-0.05, 0) is 39.7 Å². The SMILES string of the molecule is C[C@@H](O)[C@H](NC(=O)[C@H](Cc1c[nH]cn1)NC(=O)[C@@H](NC(=O)[C@H](CCCCN)NC(=O)[C@@H](N)CC(=O)O)[C@@H](C)O)C(=O)N[C@@H](CO)C(=O)O. The quantitative estimate of drug-likeness (QED) is 0.0505. The summed E-state index contributed by atoms with van der Waals surface area (Å²) in [6.45, 7) is 1.55. The second-order valence-corrected chi connectivity index (χ2v) is 10.9. The molecule has 0 aromatic carbocycles. The number of nitrogens with one attached hydrogen (secondary N) is 6. The smallest absolute Gasteiger partial charge is 0.328 e. The lowest BCUT2D eigenvalue weighted by Crippen LogP contribution is -2.62. The summed E-state index contributed by atoms with van der Waals surface area (Å²) >= 11 is 0. The predicted molar refractivity (Wildman–Crippen MR) is 163 cm³/mol. The molecule has 0 aliphatic heterocycles. The van der Waals surface area contributed by atoms with E-state index in [0.29, 0.717) is 12.8 Å². The summed E-state index contributed by atoms with van der Waals surface area (Å²) in [6.07, 6.45) is -0.708. The van der Waals surface area contributed by atoms with Gasteiger partial charge in [-0.2, -0.15) is 0 Å². The van der Waals surface area contributed by atoms with Crippen molar-refractivity contribution in [2.75, 3.05) is 13.2 Å². The van der Waals surface area contributed by atoms with Crippen LogP contribution >= 0.6 is 0 Å². The van der Waals surface area contributed by atoms with Crippen molar-refractivity contribution < 1.29 is 59.1 Å². The molecular weight excluding hydrogens is 642 g/mol. The highest BCUT2D eigenvalue weighted by Crippen LogP contribution is 2.07. The number of H-pyrrole nitrogens is 1. The van der Waals surface area contributed by atoms with Crippen molar-refractivity contribution in [3.63, 3.8) is 0 Å². The highest BCUT2D eigenvalue weighted by molar-refractivity contribution is 5.97. The third-order valence-electron chi connectivity index (χ3n) is 6.83. The molecule has 48 heavy (non-hydrogen) atoms. The number of hydrogen-bond acceptors (Lipinski definition) is 13. The van der Waals surface area contributed by atoms with E-state index in [1.165, 1.54) is 12.5 Å². The zero-order chi connectivity index (χ0) is 36.6. The van der Waals surface area contributed by atoms with Crippen LogP contribution in [0.1, 0.15) is 45.2 Å². The zero-order valence-corrected chi connectivity index (χ0v) is 26.4. The molecule has 1 heterocycles. The van der Waals surface area contributed by atoms with Crippen molar-refractivity contribution >= 4 is 41.5 Å². The van der Waals surface area contributed by atoms with Gasteiger partial charge in [0.15, 0.2) is 0 Å². The Morgan fingerprint density at radius 3 is 1.75 bits per heavy atom. The molecule has 8 atom stereocenters. The number of carbonyl (C=O) groups excluding carboxylic acids is 5. The van der Waals surface area contributed by atoms with Crippen molar-refractivity contribution in [2.24, 2.45) is 11.5 Å². The van der Waals surface area contributed by atoms with Crippen LogP contribution < -0.4 is 38.1 Å². The number of aliphatic carboxylic acids is 2. The number of aromatic amines is 1. The van der Waals surface area contributed by atoms with Gasteiger partial charge < -0.3 is 68.6 Å². The molecule has 0 radical (unpaired) electrons. The summed E-state index contributed by atoms with van der Waals surface area (Å²) in [5.74, 6) is -8.14. The van der Waals surface area contributed by atoms with Crippen LogP contribution in [0.5, 0.6) is 0 Å². The average molecular weight is 688 g/mol. The summed E-state index contributed by atoms with van der Waals surface area (Å²) in [5, 5.41) is 59.0. The fraction of sp³-hybridized carbons (Fsp3) is 0.630. The molecule has 1 aromatic rings. The van der Waals surface area contributed by atoms with E-state index in [2.05, 4.69) is 31.2 Å². The van der Waals surface area contributed by atoms with Crippen LogP contribution in [0.2, 0.25) is 0 Å². The van der Waals surface area contributed by atoms with E-state index >= 15 is 0 Å². The number of aliphatic hydroxyl groups excluding tert-OH is 3. The van der Waals surface area contributed by atoms with E-state index < -0.39 is 103 Å². The van der Waals surface area contributed by atoms with Crippen molar-refractivity contribution in [3.05, 3.63) is 18.2 Å². The number of unbranched alkanes of at least 4 members (excludes halogenated alkanes) is 1. The topological polar surface area (TPSA) is 362 Å². The van der Waals surface area contributed by atoms with Gasteiger partial charge in [-0.25, -0.2) is 9.78 Å². The minimum Gasteiger partial charge on any atom is -0.481 e. The molecule has 0 saturated carbocycles. The second kappa shape index (κ2) is 20.5. The predicted octanol–water partition coefficient (Wildman–Crippen LogP) is -5.85. The number of aliphatic hydroxyl groups is 3. The maximum Gasteiger partial charge on any atom is 0.328 e. The summed E-state index contributed by atoms with van der Waals surface area (Å²) in [4.78, 5) is 94.0. The minimum atomic E-state index is -1.75. The molecule has 0 unspecified atom stereocenters. The third-order valence-corrected chi connectivity index (χ3v) is 6.83. The zero-order valence-electron chi connectivity index (χ0n) is 26.4. The lowest BCUT2D eigenvalue weighted by Gasteiger charge is -2.28. The highest BCUT2D eigenvalue weighted by atomic mass is 16.4. The molecule has 21 nitrogen and oxygen atoms in total. The molecule has 21 heteroatoms. The Balaban J connectivity index is 3.23. The number of imidazole rings is 1. The largest absolute Gasteiger partial charge is 0.481 e. The van der Waals surface area contributed by atoms with Crippen LogP contribution in [0, 0.1) is 0 Å². The lowest BCUT2D eigenvalue weighted by molar-refractivity contribution is -0.144. The van der Waals surface area contributed by atoms with Crippen LogP contribution in [0.15, 0.2) is 12.5 Å². The Hall–Kier alpha value is -4.70. The number of rotatable bonds is 22. The molecule has 5 amide bonds. The van der Waals surface area contributed by atoms with Gasteiger partial charge in [-0.15, -0.1) is 0 Å². The maximum atomic E-state index is 13.4. The first-order valence-electron chi connectivity index (χ1n) is 14.9. The first-order valence-corrected chi connectivity index (χ1v) is 14.9. The molecule has 1 rings (SSSR count). The van der Waals surface area contributed by atoms with Crippen molar-refractivity contribution in [1.29, 1.82) is 0 Å². The number of nitrogens with two attached hydrogens (primary N) is 2. The van der Waals surface area contributed by atoms with E-state index in [1.54, 1.807) is 0 Å². The monoisotopic (exact) mass is 687 g/mol. The molecule has 0 fully saturated rings. The van der Waals surface area contributed by atoms with Crippen molar-refractivity contribution in [1.82, 2.24) is 36.6 Å². The van der Waals surface area contributed by atoms with Crippen molar-refractivity contribution in [3.8, 4) is 0 Å². The first-order chi connectivity index (χ1) is 22.5. The highest BCUT2D eigenvalue weighted by Gasteiger charge is 2.35. The summed E-state index contributed by atoms with van der Waals surface area (Å²) in [6, 6.07) is -9.57. The summed E-state index contributed by atoms with van der Waals surface area (Å²) in [7, 11) is 0. The molecule has 0 bridgehead atoms. The molecular formula is C27H45N9O12. The molecule has 0 aliphatic carbocycles. The van der Waals surface area contributed by atoms with E-state index in [-0.39, 0.29) is 25.1 Å². The van der Waals surface area contributed by atoms with E-state index in [9.17, 15) is 48.9 Å². The van der Waals surface area contributed by atoms with Gasteiger partial charge in [0.2, 0.25) is 29.5 Å². The number of carboxylic acid groups (broad SMARTS) is 2. The van der Waals surface area contributed by atoms with Crippen LogP contribution in [0.4, 0.5) is 0 Å². The van der Waals surface area contributed by atoms with Crippen molar-refractivity contribution in [2.45, 2.75) is 94.4 Å². The van der Waals surface area contributed by atoms with E-state index in [0.717, 1.165) is 13.8 Å². The number of hydrogen-bond donors (Lipinski definition) is 13. The second-order valence-electron chi connectivity index (χ2n) is 10.9. The molecule has 1 aromatic heterocycles. The molecule has 0 saturated heterocycles. The Bertz CT molecular complexity index is 1240. The lowest BCUT2D eigenvalue weighted by atomic mass is 10.0. The minimum absolute atomic E-state index is 0.00865. The number of carbonyl (C=O) groups is 7. The van der Waals surface area contributed by atoms with Crippen LogP contribution in [-0.4, -0.2) is 139 Å². The van der Waals surface area contributed by atoms with Gasteiger partial charge >= 0.3 is 11.9 Å². The maximum absolute atomic E-state index is 13.4. The molecule has 270 valence electrons. The Labute approximate surface area is 274 Å². The van der Waals surface area contributed by atoms with Gasteiger partial charge in [-0.3, -0.25) is 28.8 Å². The van der Waals surface area contributed by atoms with Gasteiger partial charge in [0.05, 0.1) is 43.3 Å². The van der Waals surface area contributed by atoms with Crippen LogP contribution in [0.25, 0.3) is 0 Å². The average Bonchev–Trinajstić information content (AvgIpc) is 3.52. The number of nitrogens with zero attached hydrogens (tertiary/aromatic N) is 1. The van der Waals surface area contributed by atoms with Crippen LogP contribution in [0.3, 0.4) is 0 Å². The molecule has 0 spiro atoms. The number of aromatic nitrogens is 2. The van der Waals surface area contributed by atoms with Gasteiger partial charge in [0.1, 0.15) is 30.2 Å². The van der Waals surface area contributed by atoms with Gasteiger partial charge in [0.25, 0.3) is 0 Å². The summed E-state index contributed by atoms with van der Waals surface area (Å²) < 4.78 is 0. The number of carboxylic acids is 2. The standard InChI is InChI=1S/C27H45N9O12/c1-12(38)20(35-23(43)16(5-3-4-6-28)32-22(42)15(29)8-19(40)41)25(45)33-17(7-14-9-30-11-31-14)24(44)36-21(13(2)39)26(46)34-18(10-37)27(47)48/h9,11-13,15-18,20-21,37-39H,3-8,10,28-29H2,1-2H3,(H,30,31)(H,32,42)(H,33,45)(H,34,46)(H,35,43)(H,36,44)(H,40,41)(H,47,48)/t12-,13-,15+,16+,17+,18+,20+,21+/m1/s1. The Morgan fingerprint density at radius 1 is 0.792 bits per heavy atom. The fourth-order valence-corrected chi connectivity index (χ4v) is 4.17. The first kappa shape index (κ1) is 41.3. The fourth-order valence-electron chi connectivity index (χ4n) is 4.17. The summed E-state index contributed by atoms with van der Waals surface area (Å²) in [5.41, 5.74) is 11.4. The Kier molecular flexibility index (Phi) is 17.7. The van der Waals surface area contributed by atoms with Gasteiger partial charge in [0, 0.05) is 12.6 Å². The normalized spacial score (nSPS) is 16.1. The third kappa shape index (κ3) is 14.0. The van der Waals surface area contributed by atoms with E-state index in [4.69, 9.17) is 21.7 Å². The Morgan fingerprint density at radius 2 is 1.31 bits per heavy atom.